The maximum absolute atomic E-state index is 9.30. The van der Waals surface area contributed by atoms with Gasteiger partial charge in [-0.25, -0.2) is 0 Å². The first-order valence-electron chi connectivity index (χ1n) is 5.01. The minimum atomic E-state index is -0.0338. The molecular weight excluding hydrogens is 208 g/mol. The van der Waals surface area contributed by atoms with Crippen LogP contribution < -0.4 is 0 Å². The van der Waals surface area contributed by atoms with Gasteiger partial charge in [0.05, 0.1) is 6.61 Å². The fourth-order valence-corrected chi connectivity index (χ4v) is 1.47. The van der Waals surface area contributed by atoms with Gasteiger partial charge in [-0.05, 0) is 22.6 Å². The number of benzene rings is 1. The monoisotopic (exact) mass is 224 g/mol. The van der Waals surface area contributed by atoms with E-state index in [4.69, 9.17) is 11.6 Å². The molecule has 0 fully saturated rings. The second-order valence-electron chi connectivity index (χ2n) is 4.60. The van der Waals surface area contributed by atoms with Gasteiger partial charge in [0.1, 0.15) is 0 Å². The second kappa shape index (κ2) is 4.82. The van der Waals surface area contributed by atoms with Gasteiger partial charge in [-0.2, -0.15) is 0 Å². The first kappa shape index (κ1) is 12.3. The molecule has 0 amide bonds. The molecule has 0 aromatic heterocycles. The Kier molecular flexibility index (Phi) is 3.95. The fraction of sp³-hybridized carbons (Fsp3) is 0.385. The third-order valence-corrected chi connectivity index (χ3v) is 2.71. The van der Waals surface area contributed by atoms with Gasteiger partial charge >= 0.3 is 0 Å². The van der Waals surface area contributed by atoms with Crippen molar-refractivity contribution in [1.82, 2.24) is 0 Å². The molecule has 0 radical (unpaired) electrons. The minimum absolute atomic E-state index is 0.0338. The molecule has 1 rings (SSSR count). The van der Waals surface area contributed by atoms with Crippen molar-refractivity contribution in [2.45, 2.75) is 20.8 Å². The van der Waals surface area contributed by atoms with E-state index in [1.165, 1.54) is 0 Å². The molecule has 0 bridgehead atoms. The Labute approximate surface area is 96.4 Å². The van der Waals surface area contributed by atoms with Crippen LogP contribution >= 0.6 is 11.6 Å². The molecule has 0 unspecified atom stereocenters. The Morgan fingerprint density at radius 3 is 2.40 bits per heavy atom. The molecule has 82 valence electrons. The predicted octanol–water partition coefficient (Wildman–Crippen LogP) is 3.76. The Bertz CT molecular complexity index is 361. The van der Waals surface area contributed by atoms with Crippen LogP contribution in [0.4, 0.5) is 0 Å². The zero-order chi connectivity index (χ0) is 11.5. The lowest BCUT2D eigenvalue weighted by Crippen LogP contribution is -2.12. The highest BCUT2D eigenvalue weighted by Gasteiger charge is 2.16. The first-order valence-corrected chi connectivity index (χ1v) is 5.39. The average molecular weight is 225 g/mol. The quantitative estimate of drug-likeness (QED) is 0.811. The van der Waals surface area contributed by atoms with E-state index in [0.29, 0.717) is 5.02 Å². The van der Waals surface area contributed by atoms with Gasteiger partial charge in [-0.1, -0.05) is 56.6 Å². The summed E-state index contributed by atoms with van der Waals surface area (Å²) in [6.45, 7) is 6.29. The van der Waals surface area contributed by atoms with Gasteiger partial charge in [0, 0.05) is 5.02 Å². The van der Waals surface area contributed by atoms with Crippen molar-refractivity contribution in [3.63, 3.8) is 0 Å². The molecule has 0 aliphatic rings. The van der Waals surface area contributed by atoms with Crippen LogP contribution in [0.1, 0.15) is 26.3 Å². The number of hydrogen-bond donors (Lipinski definition) is 1. The van der Waals surface area contributed by atoms with Crippen molar-refractivity contribution in [2.75, 3.05) is 6.61 Å². The summed E-state index contributed by atoms with van der Waals surface area (Å²) in [7, 11) is 0. The maximum Gasteiger partial charge on any atom is 0.0650 e. The van der Waals surface area contributed by atoms with Gasteiger partial charge in [-0.3, -0.25) is 0 Å². The SMILES string of the molecule is CC(C)(C)/C(=C/c1ccccc1Cl)CO. The van der Waals surface area contributed by atoms with Crippen molar-refractivity contribution in [1.29, 1.82) is 0 Å². The lowest BCUT2D eigenvalue weighted by molar-refractivity contribution is 0.298. The van der Waals surface area contributed by atoms with Crippen LogP contribution in [0.15, 0.2) is 29.8 Å². The summed E-state index contributed by atoms with van der Waals surface area (Å²) in [4.78, 5) is 0. The minimum Gasteiger partial charge on any atom is -0.392 e. The van der Waals surface area contributed by atoms with Crippen molar-refractivity contribution in [2.24, 2.45) is 5.41 Å². The van der Waals surface area contributed by atoms with E-state index in [2.05, 4.69) is 20.8 Å². The molecule has 0 heterocycles. The van der Waals surface area contributed by atoms with Crippen molar-refractivity contribution in [3.05, 3.63) is 40.4 Å². The van der Waals surface area contributed by atoms with E-state index < -0.39 is 0 Å². The predicted molar refractivity (Wildman–Crippen MR) is 66.0 cm³/mol. The van der Waals surface area contributed by atoms with E-state index in [0.717, 1.165) is 11.1 Å². The molecule has 0 saturated carbocycles. The van der Waals surface area contributed by atoms with Gasteiger partial charge in [0.2, 0.25) is 0 Å². The second-order valence-corrected chi connectivity index (χ2v) is 5.01. The lowest BCUT2D eigenvalue weighted by atomic mass is 9.86. The first-order chi connectivity index (χ1) is 6.95. The molecule has 1 N–H and O–H groups in total. The summed E-state index contributed by atoms with van der Waals surface area (Å²) in [5.74, 6) is 0. The van der Waals surface area contributed by atoms with E-state index in [1.54, 1.807) is 0 Å². The molecule has 2 heteroatoms. The molecule has 1 aromatic carbocycles. The summed E-state index contributed by atoms with van der Waals surface area (Å²) in [5.41, 5.74) is 1.90. The van der Waals surface area contributed by atoms with Crippen LogP contribution in [0.3, 0.4) is 0 Å². The zero-order valence-electron chi connectivity index (χ0n) is 9.42. The van der Waals surface area contributed by atoms with E-state index in [-0.39, 0.29) is 12.0 Å². The summed E-state index contributed by atoms with van der Waals surface area (Å²) < 4.78 is 0. The van der Waals surface area contributed by atoms with Crippen molar-refractivity contribution >= 4 is 17.7 Å². The Balaban J connectivity index is 3.10. The normalized spacial score (nSPS) is 13.0. The van der Waals surface area contributed by atoms with Crippen LogP contribution in [0.25, 0.3) is 6.08 Å². The number of aliphatic hydroxyl groups excluding tert-OH is 1. The van der Waals surface area contributed by atoms with Gasteiger partial charge in [0.15, 0.2) is 0 Å². The fourth-order valence-electron chi connectivity index (χ4n) is 1.28. The number of aliphatic hydroxyl groups is 1. The molecule has 15 heavy (non-hydrogen) atoms. The van der Waals surface area contributed by atoms with Gasteiger partial charge in [0.25, 0.3) is 0 Å². The standard InChI is InChI=1S/C13H17ClO/c1-13(2,3)11(9-15)8-10-6-4-5-7-12(10)14/h4-8,15H,9H2,1-3H3/b11-8+. The van der Waals surface area contributed by atoms with Crippen molar-refractivity contribution in [3.8, 4) is 0 Å². The molecular formula is C13H17ClO. The van der Waals surface area contributed by atoms with Crippen LogP contribution in [0.5, 0.6) is 0 Å². The third kappa shape index (κ3) is 3.37. The smallest absolute Gasteiger partial charge is 0.0650 e. The van der Waals surface area contributed by atoms with E-state index in [9.17, 15) is 5.11 Å². The van der Waals surface area contributed by atoms with Crippen LogP contribution in [0.2, 0.25) is 5.02 Å². The lowest BCUT2D eigenvalue weighted by Gasteiger charge is -2.21. The largest absolute Gasteiger partial charge is 0.392 e. The Morgan fingerprint density at radius 1 is 1.33 bits per heavy atom. The van der Waals surface area contributed by atoms with E-state index in [1.807, 2.05) is 30.3 Å². The summed E-state index contributed by atoms with van der Waals surface area (Å²) in [5, 5.41) is 10.0. The highest BCUT2D eigenvalue weighted by atomic mass is 35.5. The highest BCUT2D eigenvalue weighted by molar-refractivity contribution is 6.32. The highest BCUT2D eigenvalue weighted by Crippen LogP contribution is 2.28. The Hall–Kier alpha value is -0.790. The molecule has 0 aliphatic heterocycles. The molecule has 0 aliphatic carbocycles. The van der Waals surface area contributed by atoms with Crippen molar-refractivity contribution < 1.29 is 5.11 Å². The zero-order valence-corrected chi connectivity index (χ0v) is 10.2. The summed E-state index contributed by atoms with van der Waals surface area (Å²) >= 11 is 6.05. The average Bonchev–Trinajstić information content (AvgIpc) is 2.14. The van der Waals surface area contributed by atoms with Gasteiger partial charge < -0.3 is 5.11 Å². The van der Waals surface area contributed by atoms with Crippen LogP contribution in [-0.4, -0.2) is 11.7 Å². The number of halogens is 1. The van der Waals surface area contributed by atoms with Crippen LogP contribution in [-0.2, 0) is 0 Å². The number of hydrogen-bond acceptors (Lipinski definition) is 1. The topological polar surface area (TPSA) is 20.2 Å². The van der Waals surface area contributed by atoms with Gasteiger partial charge in [-0.15, -0.1) is 0 Å². The molecule has 1 aromatic rings. The van der Waals surface area contributed by atoms with E-state index >= 15 is 0 Å². The molecule has 0 spiro atoms. The third-order valence-electron chi connectivity index (χ3n) is 2.37. The number of rotatable bonds is 2. The van der Waals surface area contributed by atoms with Crippen LogP contribution in [0, 0.1) is 5.41 Å². The maximum atomic E-state index is 9.30. The summed E-state index contributed by atoms with van der Waals surface area (Å²) in [6.07, 6.45) is 1.96. The Morgan fingerprint density at radius 2 is 1.93 bits per heavy atom. The molecule has 0 atom stereocenters. The molecule has 1 nitrogen and oxygen atoms in total. The molecule has 0 saturated heterocycles. The summed E-state index contributed by atoms with van der Waals surface area (Å²) in [6, 6.07) is 7.64.